The van der Waals surface area contributed by atoms with Gasteiger partial charge in [0.25, 0.3) is 5.91 Å². The summed E-state index contributed by atoms with van der Waals surface area (Å²) < 4.78 is 49.9. The average Bonchev–Trinajstić information content (AvgIpc) is 2.66. The van der Waals surface area contributed by atoms with Crippen LogP contribution in [0.25, 0.3) is 0 Å². The second-order valence-corrected chi connectivity index (χ2v) is 5.49. The summed E-state index contributed by atoms with van der Waals surface area (Å²) in [6, 6.07) is 8.13. The van der Waals surface area contributed by atoms with Gasteiger partial charge in [-0.1, -0.05) is 0 Å². The zero-order chi connectivity index (χ0) is 20.0. The number of hydrogen-bond donors (Lipinski definition) is 1. The van der Waals surface area contributed by atoms with Crippen LogP contribution in [0.5, 0.6) is 11.5 Å². The van der Waals surface area contributed by atoms with Gasteiger partial charge in [0.2, 0.25) is 5.91 Å². The molecule has 0 aromatic heterocycles. The number of hydrogen-bond acceptors (Lipinski definition) is 4. The van der Waals surface area contributed by atoms with Crippen molar-refractivity contribution in [1.82, 2.24) is 4.90 Å². The summed E-state index contributed by atoms with van der Waals surface area (Å²) in [5.41, 5.74) is -0.519. The number of ether oxygens (including phenoxy) is 2. The number of benzene rings is 2. The van der Waals surface area contributed by atoms with Gasteiger partial charge in [0, 0.05) is 7.05 Å². The molecule has 0 bridgehead atoms. The molecule has 0 spiro atoms. The van der Waals surface area contributed by atoms with Gasteiger partial charge in [0.15, 0.2) is 24.1 Å². The van der Waals surface area contributed by atoms with Crippen molar-refractivity contribution in [3.8, 4) is 11.5 Å². The Morgan fingerprint density at radius 2 is 1.63 bits per heavy atom. The minimum atomic E-state index is -1.69. The van der Waals surface area contributed by atoms with E-state index < -0.39 is 41.5 Å². The first-order valence-corrected chi connectivity index (χ1v) is 7.76. The molecule has 2 amide bonds. The minimum Gasteiger partial charge on any atom is -0.497 e. The highest BCUT2D eigenvalue weighted by Gasteiger charge is 2.18. The second-order valence-electron chi connectivity index (χ2n) is 5.49. The zero-order valence-corrected chi connectivity index (χ0v) is 14.6. The van der Waals surface area contributed by atoms with Crippen LogP contribution >= 0.6 is 0 Å². The number of nitrogens with one attached hydrogen (secondary N) is 1. The van der Waals surface area contributed by atoms with Crippen molar-refractivity contribution in [2.45, 2.75) is 0 Å². The smallest absolute Gasteiger partial charge is 0.260 e. The molecule has 2 aromatic rings. The van der Waals surface area contributed by atoms with Gasteiger partial charge in [-0.15, -0.1) is 0 Å². The van der Waals surface area contributed by atoms with E-state index in [9.17, 15) is 22.8 Å². The maximum absolute atomic E-state index is 13.5. The van der Waals surface area contributed by atoms with E-state index in [-0.39, 0.29) is 6.61 Å². The van der Waals surface area contributed by atoms with E-state index in [1.807, 2.05) is 0 Å². The van der Waals surface area contributed by atoms with Crippen LogP contribution in [0.3, 0.4) is 0 Å². The van der Waals surface area contributed by atoms with E-state index >= 15 is 0 Å². The molecule has 9 heteroatoms. The largest absolute Gasteiger partial charge is 0.497 e. The van der Waals surface area contributed by atoms with Crippen LogP contribution in [-0.2, 0) is 9.59 Å². The summed E-state index contributed by atoms with van der Waals surface area (Å²) in [6.07, 6.45) is 0. The van der Waals surface area contributed by atoms with Gasteiger partial charge in [-0.25, -0.2) is 13.2 Å². The van der Waals surface area contributed by atoms with Crippen molar-refractivity contribution in [2.75, 3.05) is 32.6 Å². The Morgan fingerprint density at radius 1 is 1.00 bits per heavy atom. The maximum Gasteiger partial charge on any atom is 0.260 e. The van der Waals surface area contributed by atoms with Crippen LogP contribution < -0.4 is 14.8 Å². The lowest BCUT2D eigenvalue weighted by Crippen LogP contribution is -2.37. The van der Waals surface area contributed by atoms with Crippen LogP contribution in [0.2, 0.25) is 0 Å². The fourth-order valence-electron chi connectivity index (χ4n) is 2.04. The third-order valence-electron chi connectivity index (χ3n) is 3.54. The topological polar surface area (TPSA) is 67.9 Å². The molecule has 0 atom stereocenters. The van der Waals surface area contributed by atoms with E-state index in [0.717, 1.165) is 11.0 Å². The van der Waals surface area contributed by atoms with Gasteiger partial charge in [0.1, 0.15) is 11.5 Å². The van der Waals surface area contributed by atoms with Crippen molar-refractivity contribution in [2.24, 2.45) is 0 Å². The predicted molar refractivity (Wildman–Crippen MR) is 91.1 cm³/mol. The molecule has 2 rings (SSSR count). The van der Waals surface area contributed by atoms with Gasteiger partial charge in [-0.3, -0.25) is 9.59 Å². The van der Waals surface area contributed by atoms with Crippen LogP contribution in [0.1, 0.15) is 0 Å². The van der Waals surface area contributed by atoms with E-state index in [4.69, 9.17) is 9.47 Å². The number of methoxy groups -OCH3 is 1. The number of halogens is 3. The number of carbonyl (C=O) groups is 2. The van der Waals surface area contributed by atoms with Gasteiger partial charge < -0.3 is 19.7 Å². The molecule has 6 nitrogen and oxygen atoms in total. The molecule has 0 heterocycles. The van der Waals surface area contributed by atoms with Gasteiger partial charge in [-0.05, 0) is 36.4 Å². The Bertz CT molecular complexity index is 828. The van der Waals surface area contributed by atoms with Crippen LogP contribution in [0.4, 0.5) is 18.9 Å². The number of likely N-dealkylation sites (N-methyl/N-ethyl adjacent to an activating group) is 1. The Kier molecular flexibility index (Phi) is 6.64. The van der Waals surface area contributed by atoms with Crippen LogP contribution in [0, 0.1) is 17.5 Å². The molecule has 0 unspecified atom stereocenters. The third kappa shape index (κ3) is 5.37. The highest BCUT2D eigenvalue weighted by atomic mass is 19.2. The summed E-state index contributed by atoms with van der Waals surface area (Å²) in [4.78, 5) is 24.9. The highest BCUT2D eigenvalue weighted by Crippen LogP contribution is 2.19. The van der Waals surface area contributed by atoms with Crippen LogP contribution in [-0.4, -0.2) is 44.0 Å². The zero-order valence-electron chi connectivity index (χ0n) is 14.6. The first-order valence-electron chi connectivity index (χ1n) is 7.76. The van der Waals surface area contributed by atoms with Crippen molar-refractivity contribution in [3.05, 3.63) is 53.8 Å². The van der Waals surface area contributed by atoms with E-state index in [0.29, 0.717) is 17.6 Å². The molecule has 2 aromatic carbocycles. The lowest BCUT2D eigenvalue weighted by atomic mass is 10.2. The minimum absolute atomic E-state index is 0.324. The summed E-state index contributed by atoms with van der Waals surface area (Å²) in [5, 5.41) is 2.08. The average molecular weight is 382 g/mol. The standard InChI is InChI=1S/C18H17F3N2O4/c1-23(16(25)10-27-12-5-3-11(26-2)4-6-12)9-15(24)22-14-8-7-13(19)17(20)18(14)21/h3-8H,9-10H2,1-2H3,(H,22,24). The fraction of sp³-hybridized carbons (Fsp3) is 0.222. The Hall–Kier alpha value is -3.23. The third-order valence-corrected chi connectivity index (χ3v) is 3.54. The summed E-state index contributed by atoms with van der Waals surface area (Å²) in [5.74, 6) is -4.79. The van der Waals surface area contributed by atoms with Crippen molar-refractivity contribution < 1.29 is 32.2 Å². The summed E-state index contributed by atoms with van der Waals surface area (Å²) >= 11 is 0. The second kappa shape index (κ2) is 8.93. The molecule has 144 valence electrons. The van der Waals surface area contributed by atoms with Crippen molar-refractivity contribution in [3.63, 3.8) is 0 Å². The predicted octanol–water partition coefficient (Wildman–Crippen LogP) is 2.59. The number of amides is 2. The number of rotatable bonds is 7. The lowest BCUT2D eigenvalue weighted by Gasteiger charge is -2.17. The molecule has 0 fully saturated rings. The fourth-order valence-corrected chi connectivity index (χ4v) is 2.04. The molecule has 0 aliphatic carbocycles. The Labute approximate surface area is 153 Å². The molecular formula is C18H17F3N2O4. The molecule has 0 aliphatic rings. The maximum atomic E-state index is 13.5. The SMILES string of the molecule is COc1ccc(OCC(=O)N(C)CC(=O)Nc2ccc(F)c(F)c2F)cc1. The Morgan fingerprint density at radius 3 is 2.26 bits per heavy atom. The quantitative estimate of drug-likeness (QED) is 0.748. The number of carbonyl (C=O) groups excluding carboxylic acids is 2. The summed E-state index contributed by atoms with van der Waals surface area (Å²) in [7, 11) is 2.87. The van der Waals surface area contributed by atoms with Crippen molar-refractivity contribution >= 4 is 17.5 Å². The van der Waals surface area contributed by atoms with Crippen molar-refractivity contribution in [1.29, 1.82) is 0 Å². The van der Waals surface area contributed by atoms with E-state index in [2.05, 4.69) is 5.32 Å². The Balaban J connectivity index is 1.86. The van der Waals surface area contributed by atoms with E-state index in [1.165, 1.54) is 14.2 Å². The number of nitrogens with zero attached hydrogens (tertiary/aromatic N) is 1. The molecule has 27 heavy (non-hydrogen) atoms. The van der Waals surface area contributed by atoms with Gasteiger partial charge in [-0.2, -0.15) is 0 Å². The lowest BCUT2D eigenvalue weighted by molar-refractivity contribution is -0.135. The van der Waals surface area contributed by atoms with Gasteiger partial charge in [0.05, 0.1) is 19.3 Å². The monoisotopic (exact) mass is 382 g/mol. The molecular weight excluding hydrogens is 365 g/mol. The molecule has 0 saturated carbocycles. The molecule has 0 aliphatic heterocycles. The van der Waals surface area contributed by atoms with E-state index in [1.54, 1.807) is 24.3 Å². The van der Waals surface area contributed by atoms with Crippen LogP contribution in [0.15, 0.2) is 36.4 Å². The molecule has 0 radical (unpaired) electrons. The summed E-state index contributed by atoms with van der Waals surface area (Å²) in [6.45, 7) is -0.751. The molecule has 0 saturated heterocycles. The highest BCUT2D eigenvalue weighted by molar-refractivity contribution is 5.94. The number of anilines is 1. The first-order chi connectivity index (χ1) is 12.8. The first kappa shape index (κ1) is 20.1. The van der Waals surface area contributed by atoms with Gasteiger partial charge >= 0.3 is 0 Å². The normalized spacial score (nSPS) is 10.3. The molecule has 1 N–H and O–H groups in total.